The van der Waals surface area contributed by atoms with Crippen LogP contribution in [0, 0.1) is 5.41 Å². The maximum Gasteiger partial charge on any atom is 0.137 e. The van der Waals surface area contributed by atoms with Crippen LogP contribution in [0.25, 0.3) is 0 Å². The predicted octanol–water partition coefficient (Wildman–Crippen LogP) is 2.49. The number of hydrogen-bond acceptors (Lipinski definition) is 3. The van der Waals surface area contributed by atoms with Gasteiger partial charge in [-0.15, -0.1) is 0 Å². The molecule has 0 aromatic carbocycles. The van der Waals surface area contributed by atoms with E-state index in [0.717, 1.165) is 18.4 Å². The molecule has 0 amide bonds. The van der Waals surface area contributed by atoms with Gasteiger partial charge in [0.2, 0.25) is 0 Å². The van der Waals surface area contributed by atoms with Crippen molar-refractivity contribution in [2.75, 3.05) is 6.54 Å². The number of carbonyl (C=O) groups excluding carboxylic acids is 1. The minimum Gasteiger partial charge on any atom is -0.330 e. The third-order valence-electron chi connectivity index (χ3n) is 4.07. The second kappa shape index (κ2) is 6.10. The Bertz CT molecular complexity index is 383. The Labute approximate surface area is 109 Å². The number of nitrogens with zero attached hydrogens (tertiary/aromatic N) is 1. The van der Waals surface area contributed by atoms with Crippen molar-refractivity contribution < 1.29 is 4.79 Å². The molecule has 1 saturated carbocycles. The van der Waals surface area contributed by atoms with Gasteiger partial charge in [-0.1, -0.05) is 19.3 Å². The van der Waals surface area contributed by atoms with E-state index in [0.29, 0.717) is 25.2 Å². The summed E-state index contributed by atoms with van der Waals surface area (Å²) in [4.78, 5) is 16.1. The number of hydrogen-bond donors (Lipinski definition) is 1. The van der Waals surface area contributed by atoms with Gasteiger partial charge in [-0.05, 0) is 42.5 Å². The first-order chi connectivity index (χ1) is 8.74. The molecule has 98 valence electrons. The number of Topliss-reactive ketones (excluding diaryl/α,β-unsaturated/α-hetero) is 1. The molecule has 1 aromatic heterocycles. The van der Waals surface area contributed by atoms with Crippen LogP contribution in [-0.2, 0) is 11.2 Å². The van der Waals surface area contributed by atoms with Gasteiger partial charge in [-0.2, -0.15) is 0 Å². The fourth-order valence-electron chi connectivity index (χ4n) is 2.96. The van der Waals surface area contributed by atoms with Gasteiger partial charge in [0, 0.05) is 25.2 Å². The van der Waals surface area contributed by atoms with Crippen LogP contribution in [0.15, 0.2) is 24.5 Å². The molecule has 0 spiro atoms. The molecule has 0 aliphatic heterocycles. The highest BCUT2D eigenvalue weighted by Gasteiger charge is 2.32. The maximum atomic E-state index is 12.2. The third kappa shape index (κ3) is 3.39. The zero-order valence-corrected chi connectivity index (χ0v) is 10.9. The molecule has 3 heteroatoms. The SMILES string of the molecule is NCC1(CC(=O)Cc2ccncc2)CCCCC1. The average Bonchev–Trinajstić information content (AvgIpc) is 2.41. The monoisotopic (exact) mass is 246 g/mol. The average molecular weight is 246 g/mol. The number of carbonyl (C=O) groups is 1. The highest BCUT2D eigenvalue weighted by molar-refractivity contribution is 5.81. The minimum absolute atomic E-state index is 0.0857. The lowest BCUT2D eigenvalue weighted by atomic mass is 9.70. The predicted molar refractivity (Wildman–Crippen MR) is 72.1 cm³/mol. The van der Waals surface area contributed by atoms with Crippen molar-refractivity contribution in [3.05, 3.63) is 30.1 Å². The van der Waals surface area contributed by atoms with Crippen molar-refractivity contribution in [3.8, 4) is 0 Å². The van der Waals surface area contributed by atoms with Crippen LogP contribution in [0.1, 0.15) is 44.1 Å². The topological polar surface area (TPSA) is 56.0 Å². The highest BCUT2D eigenvalue weighted by Crippen LogP contribution is 2.38. The summed E-state index contributed by atoms with van der Waals surface area (Å²) in [6, 6.07) is 3.82. The Kier molecular flexibility index (Phi) is 4.48. The number of rotatable bonds is 5. The van der Waals surface area contributed by atoms with Crippen LogP contribution < -0.4 is 5.73 Å². The first-order valence-electron chi connectivity index (χ1n) is 6.85. The molecule has 0 saturated heterocycles. The quantitative estimate of drug-likeness (QED) is 0.868. The Balaban J connectivity index is 1.93. The van der Waals surface area contributed by atoms with Crippen LogP contribution in [0.3, 0.4) is 0 Å². The molecule has 18 heavy (non-hydrogen) atoms. The Morgan fingerprint density at radius 3 is 2.50 bits per heavy atom. The third-order valence-corrected chi connectivity index (χ3v) is 4.07. The molecule has 2 N–H and O–H groups in total. The molecule has 1 heterocycles. The summed E-state index contributed by atoms with van der Waals surface area (Å²) in [5, 5.41) is 0. The van der Waals surface area contributed by atoms with E-state index in [1.807, 2.05) is 12.1 Å². The lowest BCUT2D eigenvalue weighted by Gasteiger charge is -2.35. The summed E-state index contributed by atoms with van der Waals surface area (Å²) >= 11 is 0. The van der Waals surface area contributed by atoms with Gasteiger partial charge in [-0.3, -0.25) is 9.78 Å². The largest absolute Gasteiger partial charge is 0.330 e. The number of pyridine rings is 1. The van der Waals surface area contributed by atoms with Crippen LogP contribution in [0.4, 0.5) is 0 Å². The molecule has 0 atom stereocenters. The van der Waals surface area contributed by atoms with E-state index >= 15 is 0 Å². The van der Waals surface area contributed by atoms with Crippen molar-refractivity contribution in [1.82, 2.24) is 4.98 Å². The first-order valence-corrected chi connectivity index (χ1v) is 6.85. The van der Waals surface area contributed by atoms with E-state index in [2.05, 4.69) is 4.98 Å². The van der Waals surface area contributed by atoms with E-state index in [-0.39, 0.29) is 5.41 Å². The maximum absolute atomic E-state index is 12.2. The van der Waals surface area contributed by atoms with E-state index in [4.69, 9.17) is 5.73 Å². The molecular formula is C15H22N2O. The van der Waals surface area contributed by atoms with E-state index < -0.39 is 0 Å². The molecule has 1 aliphatic carbocycles. The van der Waals surface area contributed by atoms with Crippen LogP contribution in [0.5, 0.6) is 0 Å². The second-order valence-electron chi connectivity index (χ2n) is 5.51. The van der Waals surface area contributed by atoms with Gasteiger partial charge in [0.1, 0.15) is 5.78 Å². The summed E-state index contributed by atoms with van der Waals surface area (Å²) in [5.41, 5.74) is 7.06. The van der Waals surface area contributed by atoms with Gasteiger partial charge in [-0.25, -0.2) is 0 Å². The molecule has 1 aromatic rings. The summed E-state index contributed by atoms with van der Waals surface area (Å²) in [6.45, 7) is 0.648. The number of nitrogens with two attached hydrogens (primary N) is 1. The molecule has 1 fully saturated rings. The number of aromatic nitrogens is 1. The molecular weight excluding hydrogens is 224 g/mol. The van der Waals surface area contributed by atoms with Gasteiger partial charge in [0.25, 0.3) is 0 Å². The second-order valence-corrected chi connectivity index (χ2v) is 5.51. The van der Waals surface area contributed by atoms with Crippen molar-refractivity contribution in [1.29, 1.82) is 0 Å². The fourth-order valence-corrected chi connectivity index (χ4v) is 2.96. The van der Waals surface area contributed by atoms with Gasteiger partial charge in [0.15, 0.2) is 0 Å². The Hall–Kier alpha value is -1.22. The number of ketones is 1. The summed E-state index contributed by atoms with van der Waals surface area (Å²) in [6.07, 6.45) is 10.6. The zero-order chi connectivity index (χ0) is 12.8. The van der Waals surface area contributed by atoms with Crippen LogP contribution >= 0.6 is 0 Å². The lowest BCUT2D eigenvalue weighted by molar-refractivity contribution is -0.121. The molecule has 0 unspecified atom stereocenters. The fraction of sp³-hybridized carbons (Fsp3) is 0.600. The van der Waals surface area contributed by atoms with Gasteiger partial charge in [0.05, 0.1) is 0 Å². The summed E-state index contributed by atoms with van der Waals surface area (Å²) in [7, 11) is 0. The molecule has 2 rings (SSSR count). The molecule has 3 nitrogen and oxygen atoms in total. The molecule has 1 aliphatic rings. The van der Waals surface area contributed by atoms with Crippen molar-refractivity contribution in [2.45, 2.75) is 44.9 Å². The van der Waals surface area contributed by atoms with E-state index in [1.165, 1.54) is 19.3 Å². The van der Waals surface area contributed by atoms with Gasteiger partial charge >= 0.3 is 0 Å². The lowest BCUT2D eigenvalue weighted by Crippen LogP contribution is -2.35. The van der Waals surface area contributed by atoms with Crippen molar-refractivity contribution >= 4 is 5.78 Å². The highest BCUT2D eigenvalue weighted by atomic mass is 16.1. The Morgan fingerprint density at radius 2 is 1.89 bits per heavy atom. The van der Waals surface area contributed by atoms with Crippen LogP contribution in [0.2, 0.25) is 0 Å². The van der Waals surface area contributed by atoms with Crippen molar-refractivity contribution in [3.63, 3.8) is 0 Å². The first kappa shape index (κ1) is 13.2. The minimum atomic E-state index is 0.0857. The standard InChI is InChI=1S/C15H22N2O/c16-12-15(6-2-1-3-7-15)11-14(18)10-13-4-8-17-9-5-13/h4-5,8-9H,1-3,6-7,10-12,16H2. The van der Waals surface area contributed by atoms with E-state index in [9.17, 15) is 4.79 Å². The van der Waals surface area contributed by atoms with Crippen molar-refractivity contribution in [2.24, 2.45) is 11.1 Å². The molecule has 0 radical (unpaired) electrons. The zero-order valence-electron chi connectivity index (χ0n) is 10.9. The molecule has 0 bridgehead atoms. The van der Waals surface area contributed by atoms with E-state index in [1.54, 1.807) is 12.4 Å². The normalized spacial score (nSPS) is 18.5. The van der Waals surface area contributed by atoms with Gasteiger partial charge < -0.3 is 5.73 Å². The summed E-state index contributed by atoms with van der Waals surface area (Å²) < 4.78 is 0. The van der Waals surface area contributed by atoms with Crippen LogP contribution in [-0.4, -0.2) is 17.3 Å². The summed E-state index contributed by atoms with van der Waals surface area (Å²) in [5.74, 6) is 0.313. The Morgan fingerprint density at radius 1 is 1.22 bits per heavy atom. The smallest absolute Gasteiger partial charge is 0.137 e.